The number of rotatable bonds is 5. The van der Waals surface area contributed by atoms with Gasteiger partial charge in [0.25, 0.3) is 0 Å². The minimum Gasteiger partial charge on any atom is -0.481 e. The lowest BCUT2D eigenvalue weighted by Gasteiger charge is -2.39. The number of hydrogen-bond donors (Lipinski definition) is 1. The minimum atomic E-state index is -0.684. The Labute approximate surface area is 105 Å². The standard InChI is InChI=1S/C13H26N2O2/c1-5-13(2,12(16)17)10-15(4)11-7-6-8-14(3)9-11/h11H,5-10H2,1-4H3,(H,16,17). The van der Waals surface area contributed by atoms with Crippen LogP contribution in [0, 0.1) is 5.41 Å². The highest BCUT2D eigenvalue weighted by molar-refractivity contribution is 5.74. The number of likely N-dealkylation sites (tertiary alicyclic amines) is 1. The Kier molecular flexibility index (Phi) is 4.95. The van der Waals surface area contributed by atoms with Crippen molar-refractivity contribution in [1.82, 2.24) is 9.80 Å². The molecule has 1 fully saturated rings. The van der Waals surface area contributed by atoms with Crippen molar-refractivity contribution in [3.8, 4) is 0 Å². The fourth-order valence-corrected chi connectivity index (χ4v) is 2.51. The van der Waals surface area contributed by atoms with E-state index in [0.29, 0.717) is 19.0 Å². The summed E-state index contributed by atoms with van der Waals surface area (Å²) in [5.74, 6) is -0.684. The summed E-state index contributed by atoms with van der Waals surface area (Å²) in [4.78, 5) is 15.9. The van der Waals surface area contributed by atoms with Crippen LogP contribution < -0.4 is 0 Å². The molecule has 17 heavy (non-hydrogen) atoms. The molecule has 4 nitrogen and oxygen atoms in total. The molecule has 100 valence electrons. The Balaban J connectivity index is 2.58. The molecule has 0 aromatic rings. The van der Waals surface area contributed by atoms with Crippen LogP contribution >= 0.6 is 0 Å². The number of carboxylic acid groups (broad SMARTS) is 1. The van der Waals surface area contributed by atoms with Crippen molar-refractivity contribution >= 4 is 5.97 Å². The number of nitrogens with zero attached hydrogens (tertiary/aromatic N) is 2. The topological polar surface area (TPSA) is 43.8 Å². The summed E-state index contributed by atoms with van der Waals surface area (Å²) in [6, 6.07) is 0.499. The molecule has 1 aliphatic rings. The normalized spacial score (nSPS) is 25.8. The molecule has 0 spiro atoms. The first-order chi connectivity index (χ1) is 7.89. The molecule has 0 aliphatic carbocycles. The van der Waals surface area contributed by atoms with Crippen molar-refractivity contribution in [2.45, 2.75) is 39.2 Å². The van der Waals surface area contributed by atoms with E-state index in [0.717, 1.165) is 13.1 Å². The van der Waals surface area contributed by atoms with Gasteiger partial charge in [-0.25, -0.2) is 0 Å². The number of piperidine rings is 1. The Morgan fingerprint density at radius 1 is 1.59 bits per heavy atom. The first kappa shape index (κ1) is 14.5. The molecule has 2 atom stereocenters. The summed E-state index contributed by atoms with van der Waals surface area (Å²) in [7, 11) is 4.19. The fourth-order valence-electron chi connectivity index (χ4n) is 2.51. The van der Waals surface area contributed by atoms with Gasteiger partial charge in [0, 0.05) is 19.1 Å². The maximum atomic E-state index is 11.3. The first-order valence-corrected chi connectivity index (χ1v) is 6.51. The van der Waals surface area contributed by atoms with Crippen LogP contribution in [-0.4, -0.2) is 60.6 Å². The van der Waals surface area contributed by atoms with Gasteiger partial charge in [0.15, 0.2) is 0 Å². The third-order valence-electron chi connectivity index (χ3n) is 4.12. The van der Waals surface area contributed by atoms with Crippen LogP contribution in [0.5, 0.6) is 0 Å². The molecule has 1 saturated heterocycles. The minimum absolute atomic E-state index is 0.499. The summed E-state index contributed by atoms with van der Waals surface area (Å²) in [6.45, 7) is 6.65. The fraction of sp³-hybridized carbons (Fsp3) is 0.923. The average Bonchev–Trinajstić information content (AvgIpc) is 2.28. The summed E-state index contributed by atoms with van der Waals surface area (Å²) < 4.78 is 0. The van der Waals surface area contributed by atoms with Crippen LogP contribution in [0.1, 0.15) is 33.1 Å². The predicted molar refractivity (Wildman–Crippen MR) is 69.2 cm³/mol. The van der Waals surface area contributed by atoms with Crippen LogP contribution in [0.15, 0.2) is 0 Å². The van der Waals surface area contributed by atoms with Gasteiger partial charge in [-0.3, -0.25) is 4.79 Å². The molecule has 4 heteroatoms. The third kappa shape index (κ3) is 3.68. The van der Waals surface area contributed by atoms with Crippen molar-refractivity contribution in [2.75, 3.05) is 33.7 Å². The molecule has 0 aromatic heterocycles. The quantitative estimate of drug-likeness (QED) is 0.794. The van der Waals surface area contributed by atoms with Gasteiger partial charge < -0.3 is 14.9 Å². The SMILES string of the molecule is CCC(C)(CN(C)C1CCCN(C)C1)C(=O)O. The van der Waals surface area contributed by atoms with E-state index in [9.17, 15) is 9.90 Å². The Bertz CT molecular complexity index is 270. The summed E-state index contributed by atoms with van der Waals surface area (Å²) >= 11 is 0. The highest BCUT2D eigenvalue weighted by atomic mass is 16.4. The lowest BCUT2D eigenvalue weighted by Crippen LogP contribution is -2.49. The number of carbonyl (C=O) groups is 1. The Hall–Kier alpha value is -0.610. The summed E-state index contributed by atoms with van der Waals surface area (Å²) in [5.41, 5.74) is -0.620. The second kappa shape index (κ2) is 5.83. The van der Waals surface area contributed by atoms with Crippen LogP contribution in [0.4, 0.5) is 0 Å². The molecule has 1 aliphatic heterocycles. The van der Waals surface area contributed by atoms with E-state index in [1.54, 1.807) is 0 Å². The van der Waals surface area contributed by atoms with Crippen LogP contribution in [0.25, 0.3) is 0 Å². The van der Waals surface area contributed by atoms with Gasteiger partial charge in [-0.05, 0) is 46.8 Å². The summed E-state index contributed by atoms with van der Waals surface area (Å²) in [5, 5.41) is 9.29. The highest BCUT2D eigenvalue weighted by Crippen LogP contribution is 2.25. The van der Waals surface area contributed by atoms with Crippen molar-refractivity contribution in [3.05, 3.63) is 0 Å². The number of aliphatic carboxylic acids is 1. The van der Waals surface area contributed by atoms with E-state index in [1.165, 1.54) is 12.8 Å². The van der Waals surface area contributed by atoms with Gasteiger partial charge in [-0.2, -0.15) is 0 Å². The third-order valence-corrected chi connectivity index (χ3v) is 4.12. The maximum Gasteiger partial charge on any atom is 0.310 e. The molecule has 0 radical (unpaired) electrons. The highest BCUT2D eigenvalue weighted by Gasteiger charge is 2.34. The van der Waals surface area contributed by atoms with Gasteiger partial charge in [0.1, 0.15) is 0 Å². The van der Waals surface area contributed by atoms with Crippen molar-refractivity contribution < 1.29 is 9.90 Å². The molecule has 0 bridgehead atoms. The zero-order valence-corrected chi connectivity index (χ0v) is 11.6. The van der Waals surface area contributed by atoms with Gasteiger partial charge in [-0.15, -0.1) is 0 Å². The molecule has 0 amide bonds. The lowest BCUT2D eigenvalue weighted by molar-refractivity contribution is -0.149. The van der Waals surface area contributed by atoms with Gasteiger partial charge in [0.05, 0.1) is 5.41 Å². The van der Waals surface area contributed by atoms with Crippen LogP contribution in [-0.2, 0) is 4.79 Å². The molecule has 0 saturated carbocycles. The van der Waals surface area contributed by atoms with E-state index in [2.05, 4.69) is 23.9 Å². The summed E-state index contributed by atoms with van der Waals surface area (Å²) in [6.07, 6.45) is 3.07. The zero-order valence-electron chi connectivity index (χ0n) is 11.6. The van der Waals surface area contributed by atoms with Crippen molar-refractivity contribution in [2.24, 2.45) is 5.41 Å². The number of carboxylic acids is 1. The van der Waals surface area contributed by atoms with Gasteiger partial charge in [0.2, 0.25) is 0 Å². The lowest BCUT2D eigenvalue weighted by atomic mass is 9.86. The first-order valence-electron chi connectivity index (χ1n) is 6.51. The molecular weight excluding hydrogens is 216 g/mol. The predicted octanol–water partition coefficient (Wildman–Crippen LogP) is 1.51. The number of likely N-dealkylation sites (N-methyl/N-ethyl adjacent to an activating group) is 2. The van der Waals surface area contributed by atoms with Gasteiger partial charge in [-0.1, -0.05) is 6.92 Å². The zero-order chi connectivity index (χ0) is 13.1. The Morgan fingerprint density at radius 2 is 2.24 bits per heavy atom. The molecule has 2 unspecified atom stereocenters. The van der Waals surface area contributed by atoms with E-state index in [4.69, 9.17) is 0 Å². The average molecular weight is 242 g/mol. The van der Waals surface area contributed by atoms with E-state index < -0.39 is 11.4 Å². The smallest absolute Gasteiger partial charge is 0.310 e. The molecule has 1 N–H and O–H groups in total. The molecule has 1 heterocycles. The molecular formula is C13H26N2O2. The van der Waals surface area contributed by atoms with Crippen molar-refractivity contribution in [3.63, 3.8) is 0 Å². The van der Waals surface area contributed by atoms with E-state index in [1.807, 2.05) is 13.8 Å². The molecule has 0 aromatic carbocycles. The van der Waals surface area contributed by atoms with E-state index >= 15 is 0 Å². The maximum absolute atomic E-state index is 11.3. The van der Waals surface area contributed by atoms with Crippen LogP contribution in [0.2, 0.25) is 0 Å². The Morgan fingerprint density at radius 3 is 2.71 bits per heavy atom. The second-order valence-electron chi connectivity index (χ2n) is 5.69. The molecule has 1 rings (SSSR count). The van der Waals surface area contributed by atoms with Crippen molar-refractivity contribution in [1.29, 1.82) is 0 Å². The van der Waals surface area contributed by atoms with Gasteiger partial charge >= 0.3 is 5.97 Å². The number of hydrogen-bond acceptors (Lipinski definition) is 3. The largest absolute Gasteiger partial charge is 0.481 e. The van der Waals surface area contributed by atoms with Crippen LogP contribution in [0.3, 0.4) is 0 Å². The second-order valence-corrected chi connectivity index (χ2v) is 5.69. The van der Waals surface area contributed by atoms with E-state index in [-0.39, 0.29) is 0 Å². The monoisotopic (exact) mass is 242 g/mol.